The van der Waals surface area contributed by atoms with Crippen molar-refractivity contribution >= 4 is 10.0 Å². The standard InChI is InChI=1S/C7H15NO3S/c1-2-3-4-7(5-6-9)12(8,10)11/h2,7,9H,1,3-6H2,(H2,8,10,11)/t7-/m0/s1. The molecule has 0 radical (unpaired) electrons. The second-order valence-corrected chi connectivity index (χ2v) is 4.43. The van der Waals surface area contributed by atoms with Crippen LogP contribution < -0.4 is 5.14 Å². The van der Waals surface area contributed by atoms with E-state index in [1.165, 1.54) is 0 Å². The summed E-state index contributed by atoms with van der Waals surface area (Å²) in [6, 6.07) is 0. The summed E-state index contributed by atoms with van der Waals surface area (Å²) in [5.41, 5.74) is 0. The van der Waals surface area contributed by atoms with Gasteiger partial charge in [0.05, 0.1) is 5.25 Å². The van der Waals surface area contributed by atoms with Crippen molar-refractivity contribution in [3.63, 3.8) is 0 Å². The molecule has 0 spiro atoms. The van der Waals surface area contributed by atoms with Crippen molar-refractivity contribution in [3.05, 3.63) is 12.7 Å². The molecular weight excluding hydrogens is 178 g/mol. The summed E-state index contributed by atoms with van der Waals surface area (Å²) in [5, 5.41) is 12.8. The van der Waals surface area contributed by atoms with Crippen molar-refractivity contribution in [2.45, 2.75) is 24.5 Å². The van der Waals surface area contributed by atoms with Crippen molar-refractivity contribution in [1.29, 1.82) is 0 Å². The Hall–Kier alpha value is -0.390. The van der Waals surface area contributed by atoms with Crippen LogP contribution in [-0.2, 0) is 10.0 Å². The van der Waals surface area contributed by atoms with Gasteiger partial charge in [0.1, 0.15) is 0 Å². The molecule has 0 aliphatic heterocycles. The van der Waals surface area contributed by atoms with E-state index in [1.807, 2.05) is 0 Å². The minimum absolute atomic E-state index is 0.155. The van der Waals surface area contributed by atoms with Gasteiger partial charge in [0, 0.05) is 6.61 Å². The Bertz CT molecular complexity index is 223. The monoisotopic (exact) mass is 193 g/mol. The lowest BCUT2D eigenvalue weighted by molar-refractivity contribution is 0.283. The number of primary sulfonamides is 1. The average Bonchev–Trinajstić information content (AvgIpc) is 1.95. The molecule has 72 valence electrons. The Morgan fingerprint density at radius 3 is 2.42 bits per heavy atom. The van der Waals surface area contributed by atoms with Crippen molar-refractivity contribution in [3.8, 4) is 0 Å². The van der Waals surface area contributed by atoms with E-state index in [0.717, 1.165) is 0 Å². The van der Waals surface area contributed by atoms with Crippen LogP contribution in [0.2, 0.25) is 0 Å². The normalized spacial score (nSPS) is 14.2. The van der Waals surface area contributed by atoms with Gasteiger partial charge in [-0.05, 0) is 19.3 Å². The molecule has 0 aromatic carbocycles. The van der Waals surface area contributed by atoms with E-state index in [9.17, 15) is 8.42 Å². The molecule has 0 rings (SSSR count). The van der Waals surface area contributed by atoms with E-state index in [0.29, 0.717) is 12.8 Å². The first kappa shape index (κ1) is 11.6. The number of aliphatic hydroxyl groups is 1. The van der Waals surface area contributed by atoms with Crippen LogP contribution in [0.5, 0.6) is 0 Å². The lowest BCUT2D eigenvalue weighted by Gasteiger charge is -2.11. The molecule has 0 bridgehead atoms. The largest absolute Gasteiger partial charge is 0.396 e. The van der Waals surface area contributed by atoms with Crippen LogP contribution >= 0.6 is 0 Å². The summed E-state index contributed by atoms with van der Waals surface area (Å²) >= 11 is 0. The highest BCUT2D eigenvalue weighted by molar-refractivity contribution is 7.89. The van der Waals surface area contributed by atoms with E-state index in [1.54, 1.807) is 6.08 Å². The fourth-order valence-corrected chi connectivity index (χ4v) is 1.82. The van der Waals surface area contributed by atoms with Crippen LogP contribution in [0.25, 0.3) is 0 Å². The molecule has 5 heteroatoms. The molecule has 0 saturated carbocycles. The minimum atomic E-state index is -3.51. The number of allylic oxidation sites excluding steroid dienone is 1. The van der Waals surface area contributed by atoms with Gasteiger partial charge >= 0.3 is 0 Å². The molecule has 0 amide bonds. The van der Waals surface area contributed by atoms with E-state index >= 15 is 0 Å². The third kappa shape index (κ3) is 4.48. The van der Waals surface area contributed by atoms with E-state index in [-0.39, 0.29) is 13.0 Å². The molecule has 0 saturated heterocycles. The number of sulfonamides is 1. The molecule has 4 nitrogen and oxygen atoms in total. The second kappa shape index (κ2) is 5.29. The predicted octanol–water partition coefficient (Wildman–Crippen LogP) is -0.00790. The summed E-state index contributed by atoms with van der Waals surface area (Å²) in [6.07, 6.45) is 2.87. The quantitative estimate of drug-likeness (QED) is 0.582. The maximum atomic E-state index is 10.9. The van der Waals surface area contributed by atoms with Gasteiger partial charge in [0.25, 0.3) is 0 Å². The summed E-state index contributed by atoms with van der Waals surface area (Å²) < 4.78 is 21.7. The summed E-state index contributed by atoms with van der Waals surface area (Å²) in [5.74, 6) is 0. The zero-order valence-corrected chi connectivity index (χ0v) is 7.76. The average molecular weight is 193 g/mol. The number of nitrogens with two attached hydrogens (primary N) is 1. The zero-order chi connectivity index (χ0) is 9.61. The Labute approximate surface area is 73.1 Å². The smallest absolute Gasteiger partial charge is 0.212 e. The fraction of sp³-hybridized carbons (Fsp3) is 0.714. The van der Waals surface area contributed by atoms with Crippen LogP contribution in [0.4, 0.5) is 0 Å². The Kier molecular flexibility index (Phi) is 5.12. The molecular formula is C7H15NO3S. The molecule has 0 aliphatic rings. The Balaban J connectivity index is 4.13. The van der Waals surface area contributed by atoms with Crippen LogP contribution in [-0.4, -0.2) is 25.4 Å². The van der Waals surface area contributed by atoms with Gasteiger partial charge in [-0.25, -0.2) is 13.6 Å². The van der Waals surface area contributed by atoms with Gasteiger partial charge in [-0.3, -0.25) is 0 Å². The van der Waals surface area contributed by atoms with Crippen LogP contribution in [0.15, 0.2) is 12.7 Å². The van der Waals surface area contributed by atoms with E-state index < -0.39 is 15.3 Å². The predicted molar refractivity (Wildman–Crippen MR) is 48.0 cm³/mol. The van der Waals surface area contributed by atoms with Crippen molar-refractivity contribution in [2.24, 2.45) is 5.14 Å². The third-order valence-corrected chi connectivity index (χ3v) is 3.01. The Morgan fingerprint density at radius 1 is 1.50 bits per heavy atom. The van der Waals surface area contributed by atoms with Crippen molar-refractivity contribution < 1.29 is 13.5 Å². The topological polar surface area (TPSA) is 80.4 Å². The van der Waals surface area contributed by atoms with Crippen LogP contribution in [0, 0.1) is 0 Å². The fourth-order valence-electron chi connectivity index (χ4n) is 0.921. The van der Waals surface area contributed by atoms with Crippen LogP contribution in [0.3, 0.4) is 0 Å². The minimum Gasteiger partial charge on any atom is -0.396 e. The molecule has 1 atom stereocenters. The molecule has 0 aliphatic carbocycles. The van der Waals surface area contributed by atoms with Crippen LogP contribution in [0.1, 0.15) is 19.3 Å². The van der Waals surface area contributed by atoms with Gasteiger partial charge < -0.3 is 5.11 Å². The van der Waals surface area contributed by atoms with Crippen molar-refractivity contribution in [1.82, 2.24) is 0 Å². The molecule has 0 aromatic rings. The van der Waals surface area contributed by atoms with Gasteiger partial charge in [0.2, 0.25) is 10.0 Å². The second-order valence-electron chi connectivity index (χ2n) is 2.59. The Morgan fingerprint density at radius 2 is 2.08 bits per heavy atom. The van der Waals surface area contributed by atoms with Gasteiger partial charge in [0.15, 0.2) is 0 Å². The van der Waals surface area contributed by atoms with Gasteiger partial charge in [-0.2, -0.15) is 0 Å². The zero-order valence-electron chi connectivity index (χ0n) is 6.94. The van der Waals surface area contributed by atoms with Gasteiger partial charge in [-0.1, -0.05) is 6.08 Å². The molecule has 12 heavy (non-hydrogen) atoms. The number of hydrogen-bond donors (Lipinski definition) is 2. The number of rotatable bonds is 6. The lowest BCUT2D eigenvalue weighted by Crippen LogP contribution is -2.29. The maximum Gasteiger partial charge on any atom is 0.212 e. The highest BCUT2D eigenvalue weighted by atomic mass is 32.2. The molecule has 0 heterocycles. The molecule has 0 fully saturated rings. The summed E-state index contributed by atoms with van der Waals surface area (Å²) in [4.78, 5) is 0. The lowest BCUT2D eigenvalue weighted by atomic mass is 10.2. The SMILES string of the molecule is C=CCC[C@@H](CCO)S(N)(=O)=O. The summed E-state index contributed by atoms with van der Waals surface area (Å²) in [6.45, 7) is 3.32. The molecule has 3 N–H and O–H groups in total. The number of aliphatic hydroxyl groups excluding tert-OH is 1. The first-order valence-electron chi connectivity index (χ1n) is 3.75. The number of hydrogen-bond acceptors (Lipinski definition) is 3. The molecule has 0 unspecified atom stereocenters. The highest BCUT2D eigenvalue weighted by Crippen LogP contribution is 2.09. The third-order valence-electron chi connectivity index (χ3n) is 1.61. The first-order chi connectivity index (χ1) is 5.52. The first-order valence-corrected chi connectivity index (χ1v) is 5.36. The summed E-state index contributed by atoms with van der Waals surface area (Å²) in [7, 11) is -3.51. The van der Waals surface area contributed by atoms with Crippen molar-refractivity contribution in [2.75, 3.05) is 6.61 Å². The van der Waals surface area contributed by atoms with E-state index in [2.05, 4.69) is 6.58 Å². The molecule has 0 aromatic heterocycles. The van der Waals surface area contributed by atoms with Gasteiger partial charge in [-0.15, -0.1) is 6.58 Å². The van der Waals surface area contributed by atoms with E-state index in [4.69, 9.17) is 10.2 Å². The maximum absolute atomic E-state index is 10.9. The highest BCUT2D eigenvalue weighted by Gasteiger charge is 2.19.